The number of carbonyl (C=O) groups excluding carboxylic acids is 1. The van der Waals surface area contributed by atoms with Crippen molar-refractivity contribution in [2.75, 3.05) is 39.5 Å². The molecule has 0 aliphatic carbocycles. The van der Waals surface area contributed by atoms with Crippen molar-refractivity contribution in [3.63, 3.8) is 0 Å². The van der Waals surface area contributed by atoms with Crippen LogP contribution in [0.3, 0.4) is 0 Å². The van der Waals surface area contributed by atoms with Crippen molar-refractivity contribution in [1.82, 2.24) is 4.90 Å². The maximum atomic E-state index is 11.7. The smallest absolute Gasteiger partial charge is 0.306 e. The summed E-state index contributed by atoms with van der Waals surface area (Å²) >= 11 is 0. The summed E-state index contributed by atoms with van der Waals surface area (Å²) in [6, 6.07) is 0. The van der Waals surface area contributed by atoms with E-state index in [2.05, 4.69) is 18.8 Å². The van der Waals surface area contributed by atoms with Crippen molar-refractivity contribution in [2.24, 2.45) is 0 Å². The van der Waals surface area contributed by atoms with Crippen molar-refractivity contribution in [3.05, 3.63) is 0 Å². The summed E-state index contributed by atoms with van der Waals surface area (Å²) in [5, 5.41) is 17.8. The number of rotatable bonds is 20. The number of unbranched alkanes of at least 4 members (excludes halogenated alkanes) is 12. The van der Waals surface area contributed by atoms with Gasteiger partial charge in [-0.2, -0.15) is 0 Å². The van der Waals surface area contributed by atoms with Crippen LogP contribution in [0, 0.1) is 11.8 Å². The molecule has 0 aliphatic rings. The minimum Gasteiger partial charge on any atom is -0.452 e. The molecule has 170 valence electrons. The Morgan fingerprint density at radius 3 is 1.72 bits per heavy atom. The van der Waals surface area contributed by atoms with E-state index >= 15 is 0 Å². The minimum atomic E-state index is -0.176. The average Bonchev–Trinajstić information content (AvgIpc) is 2.71. The van der Waals surface area contributed by atoms with E-state index in [1.807, 2.05) is 4.90 Å². The topological polar surface area (TPSA) is 70.0 Å². The Hall–Kier alpha value is -1.09. The van der Waals surface area contributed by atoms with E-state index < -0.39 is 0 Å². The standard InChI is InChI=1S/C24H45NO4/c1-2-3-4-5-6-7-8-9-10-11-12-13-14-17-24(28)29-23-16-15-18-25(19-21-26)20-22-27/h26-27H,2-14,17-23H2,1H3. The van der Waals surface area contributed by atoms with Crippen molar-refractivity contribution >= 4 is 5.97 Å². The van der Waals surface area contributed by atoms with Gasteiger partial charge >= 0.3 is 5.97 Å². The fourth-order valence-electron chi connectivity index (χ4n) is 3.25. The lowest BCUT2D eigenvalue weighted by Gasteiger charge is -2.16. The Balaban J connectivity index is 3.41. The predicted molar refractivity (Wildman–Crippen MR) is 120 cm³/mol. The maximum absolute atomic E-state index is 11.7. The molecule has 0 atom stereocenters. The molecule has 0 aromatic heterocycles. The van der Waals surface area contributed by atoms with Crippen molar-refractivity contribution in [1.29, 1.82) is 0 Å². The van der Waals surface area contributed by atoms with Crippen molar-refractivity contribution in [2.45, 2.75) is 96.8 Å². The highest BCUT2D eigenvalue weighted by molar-refractivity contribution is 5.69. The van der Waals surface area contributed by atoms with Crippen LogP contribution in [0.4, 0.5) is 0 Å². The van der Waals surface area contributed by atoms with Gasteiger partial charge in [0.05, 0.1) is 19.8 Å². The highest BCUT2D eigenvalue weighted by Crippen LogP contribution is 2.13. The van der Waals surface area contributed by atoms with E-state index in [9.17, 15) is 4.79 Å². The van der Waals surface area contributed by atoms with Crippen LogP contribution in [0.25, 0.3) is 0 Å². The third-order valence-corrected chi connectivity index (χ3v) is 5.05. The summed E-state index contributed by atoms with van der Waals surface area (Å²) in [5.41, 5.74) is 0. The summed E-state index contributed by atoms with van der Waals surface area (Å²) < 4.78 is 5.12. The van der Waals surface area contributed by atoms with E-state index in [-0.39, 0.29) is 25.8 Å². The highest BCUT2D eigenvalue weighted by atomic mass is 16.5. The monoisotopic (exact) mass is 411 g/mol. The Bertz CT molecular complexity index is 411. The van der Waals surface area contributed by atoms with Crippen LogP contribution < -0.4 is 0 Å². The lowest BCUT2D eigenvalue weighted by molar-refractivity contribution is -0.142. The molecule has 0 bridgehead atoms. The Morgan fingerprint density at radius 1 is 0.759 bits per heavy atom. The van der Waals surface area contributed by atoms with Crippen LogP contribution in [0.1, 0.15) is 96.8 Å². The summed E-state index contributed by atoms with van der Waals surface area (Å²) in [6.07, 6.45) is 17.3. The number of hydrogen-bond donors (Lipinski definition) is 2. The number of aliphatic hydroxyl groups is 2. The van der Waals surface area contributed by atoms with Crippen LogP contribution in [0.5, 0.6) is 0 Å². The molecule has 0 aromatic carbocycles. The lowest BCUT2D eigenvalue weighted by Crippen LogP contribution is -2.30. The number of aliphatic hydroxyl groups excluding tert-OH is 2. The van der Waals surface area contributed by atoms with Gasteiger partial charge in [0.1, 0.15) is 0 Å². The molecule has 0 aromatic rings. The van der Waals surface area contributed by atoms with Gasteiger partial charge < -0.3 is 14.9 Å². The zero-order valence-electron chi connectivity index (χ0n) is 18.8. The van der Waals surface area contributed by atoms with Crippen molar-refractivity contribution < 1.29 is 19.7 Å². The maximum Gasteiger partial charge on any atom is 0.306 e. The van der Waals surface area contributed by atoms with Gasteiger partial charge in [0.2, 0.25) is 0 Å². The van der Waals surface area contributed by atoms with Crippen LogP contribution in [-0.4, -0.2) is 60.5 Å². The molecule has 0 unspecified atom stereocenters. The van der Waals surface area contributed by atoms with E-state index in [0.29, 0.717) is 26.1 Å². The largest absolute Gasteiger partial charge is 0.452 e. The molecule has 0 amide bonds. The number of carbonyl (C=O) groups is 1. The second kappa shape index (κ2) is 23.2. The summed E-state index contributed by atoms with van der Waals surface area (Å²) in [5.74, 6) is 5.54. The van der Waals surface area contributed by atoms with E-state index in [4.69, 9.17) is 14.9 Å². The Kier molecular flexibility index (Phi) is 22.3. The molecule has 0 spiro atoms. The third kappa shape index (κ3) is 21.4. The Morgan fingerprint density at radius 2 is 1.24 bits per heavy atom. The van der Waals surface area contributed by atoms with E-state index in [1.54, 1.807) is 0 Å². The number of nitrogens with zero attached hydrogens (tertiary/aromatic N) is 1. The third-order valence-electron chi connectivity index (χ3n) is 5.05. The molecular weight excluding hydrogens is 366 g/mol. The summed E-state index contributed by atoms with van der Waals surface area (Å²) in [4.78, 5) is 13.5. The molecule has 29 heavy (non-hydrogen) atoms. The minimum absolute atomic E-state index is 0.0375. The van der Waals surface area contributed by atoms with Gasteiger partial charge in [0, 0.05) is 19.5 Å². The zero-order valence-corrected chi connectivity index (χ0v) is 18.8. The van der Waals surface area contributed by atoms with Crippen LogP contribution >= 0.6 is 0 Å². The van der Waals surface area contributed by atoms with Gasteiger partial charge in [0.25, 0.3) is 0 Å². The molecule has 0 rings (SSSR count). The first-order valence-corrected chi connectivity index (χ1v) is 11.8. The SMILES string of the molecule is CCCCCCCCCCCCCCCC(=O)OCC#CCN(CCO)CCO. The van der Waals surface area contributed by atoms with Gasteiger partial charge in [0.15, 0.2) is 6.61 Å². The van der Waals surface area contributed by atoms with Gasteiger partial charge in [-0.3, -0.25) is 9.69 Å². The fourth-order valence-corrected chi connectivity index (χ4v) is 3.25. The van der Waals surface area contributed by atoms with Gasteiger partial charge in [-0.25, -0.2) is 0 Å². The van der Waals surface area contributed by atoms with Crippen LogP contribution in [0.15, 0.2) is 0 Å². The summed E-state index contributed by atoms with van der Waals surface area (Å²) in [6.45, 7) is 3.87. The number of esters is 1. The number of hydrogen-bond acceptors (Lipinski definition) is 5. The summed E-state index contributed by atoms with van der Waals surface area (Å²) in [7, 11) is 0. The molecule has 2 N–H and O–H groups in total. The van der Waals surface area contributed by atoms with Crippen molar-refractivity contribution in [3.8, 4) is 11.8 Å². The zero-order chi connectivity index (χ0) is 21.4. The van der Waals surface area contributed by atoms with Crippen LogP contribution in [0.2, 0.25) is 0 Å². The first kappa shape index (κ1) is 27.9. The first-order valence-electron chi connectivity index (χ1n) is 11.8. The molecular formula is C24H45NO4. The first-order chi connectivity index (χ1) is 14.2. The number of ether oxygens (including phenoxy) is 1. The highest BCUT2D eigenvalue weighted by Gasteiger charge is 2.02. The van der Waals surface area contributed by atoms with Gasteiger partial charge in [-0.05, 0) is 6.42 Å². The van der Waals surface area contributed by atoms with Gasteiger partial charge in [-0.1, -0.05) is 95.8 Å². The molecule has 0 heterocycles. The Labute approximate surface area is 179 Å². The molecule has 0 fully saturated rings. The second-order valence-corrected chi connectivity index (χ2v) is 7.73. The molecule has 0 saturated carbocycles. The van der Waals surface area contributed by atoms with E-state index in [1.165, 1.54) is 70.6 Å². The van der Waals surface area contributed by atoms with Gasteiger partial charge in [-0.15, -0.1) is 0 Å². The van der Waals surface area contributed by atoms with E-state index in [0.717, 1.165) is 12.8 Å². The molecule has 0 aliphatic heterocycles. The fraction of sp³-hybridized carbons (Fsp3) is 0.875. The molecule has 0 radical (unpaired) electrons. The average molecular weight is 412 g/mol. The lowest BCUT2D eigenvalue weighted by atomic mass is 10.0. The normalized spacial score (nSPS) is 10.8. The molecule has 5 nitrogen and oxygen atoms in total. The molecule has 0 saturated heterocycles. The second-order valence-electron chi connectivity index (χ2n) is 7.73. The molecule has 5 heteroatoms. The van der Waals surface area contributed by atoms with Crippen LogP contribution in [-0.2, 0) is 9.53 Å². The quantitative estimate of drug-likeness (QED) is 0.178. The predicted octanol–water partition coefficient (Wildman–Crippen LogP) is 4.30.